The van der Waals surface area contributed by atoms with Gasteiger partial charge in [0.1, 0.15) is 12.3 Å². The molecule has 0 aliphatic carbocycles. The van der Waals surface area contributed by atoms with E-state index in [1.165, 1.54) is 25.6 Å². The molecule has 1 N–H and O–H groups in total. The maximum atomic E-state index is 12.6. The van der Waals surface area contributed by atoms with Crippen molar-refractivity contribution in [1.82, 2.24) is 0 Å². The van der Waals surface area contributed by atoms with Crippen LogP contribution in [0.5, 0.6) is 0 Å². The number of hydrogen-bond acceptors (Lipinski definition) is 8. The molecular formula is C20H19NO6S. The average Bonchev–Trinajstić information content (AvgIpc) is 2.70. The van der Waals surface area contributed by atoms with Crippen molar-refractivity contribution in [1.29, 1.82) is 0 Å². The maximum absolute atomic E-state index is 12.6. The van der Waals surface area contributed by atoms with E-state index < -0.39 is 11.9 Å². The minimum atomic E-state index is -0.604. The molecule has 0 radical (unpaired) electrons. The predicted molar refractivity (Wildman–Crippen MR) is 104 cm³/mol. The van der Waals surface area contributed by atoms with Crippen LogP contribution in [-0.4, -0.2) is 41.8 Å². The summed E-state index contributed by atoms with van der Waals surface area (Å²) in [5.41, 5.74) is 0.851. The fourth-order valence-corrected chi connectivity index (χ4v) is 3.06. The van der Waals surface area contributed by atoms with Gasteiger partial charge in [-0.25, -0.2) is 9.59 Å². The van der Waals surface area contributed by atoms with Gasteiger partial charge >= 0.3 is 11.9 Å². The minimum absolute atomic E-state index is 0.0565. The lowest BCUT2D eigenvalue weighted by atomic mass is 10.1. The van der Waals surface area contributed by atoms with E-state index in [1.54, 1.807) is 48.5 Å². The van der Waals surface area contributed by atoms with Crippen molar-refractivity contribution in [3.8, 4) is 0 Å². The van der Waals surface area contributed by atoms with E-state index >= 15 is 0 Å². The van der Waals surface area contributed by atoms with Crippen LogP contribution in [0.1, 0.15) is 34.6 Å². The number of rotatable bonds is 8. The lowest BCUT2D eigenvalue weighted by molar-refractivity contribution is -0.140. The Balaban J connectivity index is 2.17. The third-order valence-corrected chi connectivity index (χ3v) is 4.50. The van der Waals surface area contributed by atoms with Gasteiger partial charge in [0.15, 0.2) is 0 Å². The highest BCUT2D eigenvalue weighted by Crippen LogP contribution is 2.31. The van der Waals surface area contributed by atoms with Gasteiger partial charge < -0.3 is 14.7 Å². The van der Waals surface area contributed by atoms with Crippen LogP contribution in [0.4, 0.5) is 0 Å². The molecule has 28 heavy (non-hydrogen) atoms. The quantitative estimate of drug-likeness (QED) is 0.238. The number of nitrogens with zero attached hydrogens (tertiary/aromatic N) is 1. The Morgan fingerprint density at radius 3 is 2.36 bits per heavy atom. The molecule has 8 heteroatoms. The van der Waals surface area contributed by atoms with Gasteiger partial charge in [-0.05, 0) is 43.3 Å². The van der Waals surface area contributed by atoms with Gasteiger partial charge in [-0.2, -0.15) is 0 Å². The topological polar surface area (TPSA) is 102 Å². The van der Waals surface area contributed by atoms with Crippen LogP contribution >= 0.6 is 11.8 Å². The molecule has 0 aliphatic heterocycles. The van der Waals surface area contributed by atoms with Crippen molar-refractivity contribution in [2.75, 3.05) is 13.2 Å². The molecule has 0 unspecified atom stereocenters. The summed E-state index contributed by atoms with van der Waals surface area (Å²) in [5, 5.41) is 12.2. The molecule has 0 saturated heterocycles. The highest BCUT2D eigenvalue weighted by atomic mass is 32.2. The molecule has 0 spiro atoms. The summed E-state index contributed by atoms with van der Waals surface area (Å²) in [7, 11) is 0. The zero-order valence-corrected chi connectivity index (χ0v) is 16.2. The second kappa shape index (κ2) is 10.4. The summed E-state index contributed by atoms with van der Waals surface area (Å²) in [5.74, 6) is -1.47. The van der Waals surface area contributed by atoms with Gasteiger partial charge in [-0.3, -0.25) is 4.79 Å². The summed E-state index contributed by atoms with van der Waals surface area (Å²) < 4.78 is 4.86. The number of oxime groups is 1. The van der Waals surface area contributed by atoms with Gasteiger partial charge in [0.05, 0.1) is 12.2 Å². The number of carbonyl (C=O) groups excluding carboxylic acids is 3. The standard InChI is InChI=1S/C20H19NO6S/c1-13(21-27-14(2)23)19(24)17-5-3-4-6-18(17)28-16-9-7-15(8-10-16)20(25)26-12-11-22/h3-10,22H,11-12H2,1-2H3. The molecule has 0 bridgehead atoms. The Kier molecular flexibility index (Phi) is 7.91. The molecule has 0 amide bonds. The number of aliphatic hydroxyl groups is 1. The van der Waals surface area contributed by atoms with Crippen LogP contribution in [0.15, 0.2) is 63.5 Å². The molecule has 2 aromatic rings. The number of aliphatic hydroxyl groups excluding tert-OH is 1. The normalized spacial score (nSPS) is 11.0. The molecule has 146 valence electrons. The van der Waals surface area contributed by atoms with E-state index in [0.717, 1.165) is 4.90 Å². The van der Waals surface area contributed by atoms with Crippen LogP contribution in [-0.2, 0) is 14.4 Å². The molecule has 7 nitrogen and oxygen atoms in total. The Morgan fingerprint density at radius 2 is 1.71 bits per heavy atom. The van der Waals surface area contributed by atoms with Crippen molar-refractivity contribution < 1.29 is 29.1 Å². The van der Waals surface area contributed by atoms with Gasteiger partial charge in [0, 0.05) is 22.3 Å². The number of benzene rings is 2. The van der Waals surface area contributed by atoms with E-state index in [-0.39, 0.29) is 24.7 Å². The van der Waals surface area contributed by atoms with Crippen LogP contribution in [0.25, 0.3) is 0 Å². The molecule has 0 aliphatic rings. The van der Waals surface area contributed by atoms with Crippen molar-refractivity contribution in [3.05, 3.63) is 59.7 Å². The Hall–Kier alpha value is -2.97. The van der Waals surface area contributed by atoms with Crippen LogP contribution in [0.2, 0.25) is 0 Å². The number of carbonyl (C=O) groups is 3. The van der Waals surface area contributed by atoms with Crippen molar-refractivity contribution in [2.45, 2.75) is 23.6 Å². The molecule has 0 aromatic heterocycles. The monoisotopic (exact) mass is 401 g/mol. The van der Waals surface area contributed by atoms with E-state index in [0.29, 0.717) is 16.0 Å². The molecule has 2 aromatic carbocycles. The molecule has 0 saturated carbocycles. The second-order valence-electron chi connectivity index (χ2n) is 5.57. The van der Waals surface area contributed by atoms with Crippen molar-refractivity contribution in [3.63, 3.8) is 0 Å². The van der Waals surface area contributed by atoms with Gasteiger partial charge in [-0.15, -0.1) is 0 Å². The SMILES string of the molecule is CC(=O)ON=C(C)C(=O)c1ccccc1Sc1ccc(C(=O)OCCO)cc1. The highest BCUT2D eigenvalue weighted by Gasteiger charge is 2.16. The highest BCUT2D eigenvalue weighted by molar-refractivity contribution is 7.99. The van der Waals surface area contributed by atoms with Gasteiger partial charge in [0.25, 0.3) is 0 Å². The largest absolute Gasteiger partial charge is 0.460 e. The van der Waals surface area contributed by atoms with E-state index in [9.17, 15) is 14.4 Å². The van der Waals surface area contributed by atoms with Crippen LogP contribution in [0.3, 0.4) is 0 Å². The third kappa shape index (κ3) is 6.04. The molecule has 0 heterocycles. The minimum Gasteiger partial charge on any atom is -0.460 e. The molecular weight excluding hydrogens is 382 g/mol. The van der Waals surface area contributed by atoms with Crippen molar-refractivity contribution >= 4 is 35.2 Å². The van der Waals surface area contributed by atoms with E-state index in [4.69, 9.17) is 9.84 Å². The fraction of sp³-hybridized carbons (Fsp3) is 0.200. The molecule has 0 atom stereocenters. The first-order chi connectivity index (χ1) is 13.4. The lowest BCUT2D eigenvalue weighted by Gasteiger charge is -2.09. The fourth-order valence-electron chi connectivity index (χ4n) is 2.12. The number of hydrogen-bond donors (Lipinski definition) is 1. The summed E-state index contributed by atoms with van der Waals surface area (Å²) in [4.78, 5) is 41.3. The maximum Gasteiger partial charge on any atom is 0.338 e. The summed E-state index contributed by atoms with van der Waals surface area (Å²) in [6.45, 7) is 2.39. The zero-order chi connectivity index (χ0) is 20.5. The summed E-state index contributed by atoms with van der Waals surface area (Å²) in [6, 6.07) is 13.7. The van der Waals surface area contributed by atoms with Gasteiger partial charge in [0.2, 0.25) is 5.78 Å². The number of esters is 1. The Morgan fingerprint density at radius 1 is 1.04 bits per heavy atom. The number of ether oxygens (including phenoxy) is 1. The first kappa shape index (κ1) is 21.3. The summed E-state index contributed by atoms with van der Waals surface area (Å²) >= 11 is 1.35. The third-order valence-electron chi connectivity index (χ3n) is 3.41. The lowest BCUT2D eigenvalue weighted by Crippen LogP contribution is -2.13. The number of ketones is 1. The predicted octanol–water partition coefficient (Wildman–Crippen LogP) is 3.11. The number of Topliss-reactive ketones (excluding diaryl/α,β-unsaturated/α-hetero) is 1. The van der Waals surface area contributed by atoms with Crippen LogP contribution in [0, 0.1) is 0 Å². The van der Waals surface area contributed by atoms with E-state index in [1.807, 2.05) is 0 Å². The molecule has 2 rings (SSSR count). The van der Waals surface area contributed by atoms with E-state index in [2.05, 4.69) is 9.99 Å². The smallest absolute Gasteiger partial charge is 0.338 e. The average molecular weight is 401 g/mol. The van der Waals surface area contributed by atoms with Crippen molar-refractivity contribution in [2.24, 2.45) is 5.16 Å². The van der Waals surface area contributed by atoms with Gasteiger partial charge in [-0.1, -0.05) is 29.1 Å². The first-order valence-corrected chi connectivity index (χ1v) is 9.16. The molecule has 0 fully saturated rings. The first-order valence-electron chi connectivity index (χ1n) is 8.34. The van der Waals surface area contributed by atoms with Crippen LogP contribution < -0.4 is 0 Å². The summed E-state index contributed by atoms with van der Waals surface area (Å²) in [6.07, 6.45) is 0. The second-order valence-corrected chi connectivity index (χ2v) is 6.69. The Labute approximate surface area is 166 Å². The zero-order valence-electron chi connectivity index (χ0n) is 15.4. The Bertz CT molecular complexity index is 892.